The van der Waals surface area contributed by atoms with E-state index < -0.39 is 0 Å². The number of hydrogen-bond acceptors (Lipinski definition) is 3. The van der Waals surface area contributed by atoms with Gasteiger partial charge in [-0.15, -0.1) is 0 Å². The molecule has 26 heavy (non-hydrogen) atoms. The highest BCUT2D eigenvalue weighted by molar-refractivity contribution is 6.02. The van der Waals surface area contributed by atoms with Crippen LogP contribution in [0.15, 0.2) is 53.7 Å². The van der Waals surface area contributed by atoms with Crippen LogP contribution in [0.1, 0.15) is 36.5 Å². The van der Waals surface area contributed by atoms with Crippen molar-refractivity contribution >= 4 is 11.6 Å². The molecule has 1 heterocycles. The Morgan fingerprint density at radius 3 is 2.65 bits per heavy atom. The van der Waals surface area contributed by atoms with Gasteiger partial charge in [0.25, 0.3) is 0 Å². The summed E-state index contributed by atoms with van der Waals surface area (Å²) in [6.45, 7) is 4.78. The molecule has 2 aromatic carbocycles. The zero-order valence-corrected chi connectivity index (χ0v) is 15.1. The van der Waals surface area contributed by atoms with Gasteiger partial charge in [-0.3, -0.25) is 4.79 Å². The van der Waals surface area contributed by atoms with Crippen LogP contribution in [0.4, 0.5) is 4.39 Å². The number of halogens is 1. The Labute approximate surface area is 153 Å². The van der Waals surface area contributed by atoms with Crippen molar-refractivity contribution < 1.29 is 14.0 Å². The molecule has 0 bridgehead atoms. The van der Waals surface area contributed by atoms with Crippen molar-refractivity contribution in [3.8, 4) is 0 Å². The summed E-state index contributed by atoms with van der Waals surface area (Å²) in [5.74, 6) is -0.236. The Balaban J connectivity index is 1.66. The van der Waals surface area contributed by atoms with Gasteiger partial charge in [0.15, 0.2) is 6.10 Å². The van der Waals surface area contributed by atoms with E-state index in [0.717, 1.165) is 22.4 Å². The van der Waals surface area contributed by atoms with Crippen LogP contribution in [0, 0.1) is 12.7 Å². The third kappa shape index (κ3) is 4.28. The van der Waals surface area contributed by atoms with Crippen molar-refractivity contribution in [3.63, 3.8) is 0 Å². The minimum Gasteiger partial charge on any atom is -0.390 e. The quantitative estimate of drug-likeness (QED) is 0.785. The molecule has 0 radical (unpaired) electrons. The lowest BCUT2D eigenvalue weighted by Gasteiger charge is -2.24. The van der Waals surface area contributed by atoms with E-state index in [1.807, 2.05) is 38.1 Å². The third-order valence-electron chi connectivity index (χ3n) is 4.55. The molecule has 1 aliphatic heterocycles. The fourth-order valence-corrected chi connectivity index (χ4v) is 3.12. The zero-order valence-electron chi connectivity index (χ0n) is 15.1. The molecule has 1 amide bonds. The van der Waals surface area contributed by atoms with Crippen molar-refractivity contribution in [3.05, 3.63) is 71.0 Å². The van der Waals surface area contributed by atoms with Gasteiger partial charge in [0.1, 0.15) is 5.82 Å². The van der Waals surface area contributed by atoms with Gasteiger partial charge in [-0.25, -0.2) is 4.39 Å². The minimum atomic E-state index is -0.280. The second-order valence-corrected chi connectivity index (χ2v) is 6.54. The summed E-state index contributed by atoms with van der Waals surface area (Å²) in [5, 5.41) is 4.23. The van der Waals surface area contributed by atoms with Crippen molar-refractivity contribution in [2.75, 3.05) is 6.54 Å². The molecule has 0 aromatic heterocycles. The van der Waals surface area contributed by atoms with Crippen molar-refractivity contribution in [2.24, 2.45) is 5.16 Å². The first-order valence-corrected chi connectivity index (χ1v) is 8.87. The molecule has 4 nitrogen and oxygen atoms in total. The Kier molecular flexibility index (Phi) is 5.66. The fraction of sp³-hybridized carbons (Fsp3) is 0.333. The van der Waals surface area contributed by atoms with Gasteiger partial charge in [-0.1, -0.05) is 48.5 Å². The lowest BCUT2D eigenvalue weighted by Crippen LogP contribution is -2.36. The molecule has 0 saturated carbocycles. The number of aryl methyl sites for hydroxylation is 1. The van der Waals surface area contributed by atoms with E-state index in [0.29, 0.717) is 25.9 Å². The molecule has 0 unspecified atom stereocenters. The summed E-state index contributed by atoms with van der Waals surface area (Å²) >= 11 is 0. The Morgan fingerprint density at radius 2 is 1.96 bits per heavy atom. The second-order valence-electron chi connectivity index (χ2n) is 6.54. The largest absolute Gasteiger partial charge is 0.390 e. The van der Waals surface area contributed by atoms with Crippen LogP contribution in [-0.2, 0) is 16.2 Å². The van der Waals surface area contributed by atoms with Gasteiger partial charge in [0.2, 0.25) is 5.91 Å². The first-order chi connectivity index (χ1) is 12.6. The number of benzene rings is 2. The van der Waals surface area contributed by atoms with Crippen LogP contribution in [-0.4, -0.2) is 29.2 Å². The highest BCUT2D eigenvalue weighted by atomic mass is 19.1. The smallest absolute Gasteiger partial charge is 0.222 e. The second kappa shape index (κ2) is 8.13. The number of carbonyl (C=O) groups excluding carboxylic acids is 1. The normalized spacial score (nSPS) is 16.1. The highest BCUT2D eigenvalue weighted by Crippen LogP contribution is 2.21. The maximum Gasteiger partial charge on any atom is 0.222 e. The van der Waals surface area contributed by atoms with E-state index in [4.69, 9.17) is 4.84 Å². The van der Waals surface area contributed by atoms with E-state index in [1.54, 1.807) is 17.0 Å². The molecule has 1 atom stereocenters. The number of rotatable bonds is 6. The van der Waals surface area contributed by atoms with Crippen molar-refractivity contribution in [1.82, 2.24) is 4.90 Å². The predicted molar refractivity (Wildman–Crippen MR) is 99.3 cm³/mol. The fourth-order valence-electron chi connectivity index (χ4n) is 3.12. The SMILES string of the molecule is CCC(=O)N(Cc1ccc(F)cc1)C[C@H]1CC(c2ccccc2C)=NO1. The predicted octanol–water partition coefficient (Wildman–Crippen LogP) is 4.07. The monoisotopic (exact) mass is 354 g/mol. The molecule has 0 N–H and O–H groups in total. The lowest BCUT2D eigenvalue weighted by atomic mass is 10.00. The maximum absolute atomic E-state index is 13.1. The number of carbonyl (C=O) groups is 1. The van der Waals surface area contributed by atoms with Crippen molar-refractivity contribution in [2.45, 2.75) is 39.3 Å². The molecule has 1 aliphatic rings. The third-order valence-corrected chi connectivity index (χ3v) is 4.55. The number of amides is 1. The highest BCUT2D eigenvalue weighted by Gasteiger charge is 2.26. The van der Waals surface area contributed by atoms with Gasteiger partial charge in [-0.05, 0) is 30.2 Å². The van der Waals surface area contributed by atoms with Crippen LogP contribution in [0.3, 0.4) is 0 Å². The van der Waals surface area contributed by atoms with Crippen molar-refractivity contribution in [1.29, 1.82) is 0 Å². The van der Waals surface area contributed by atoms with Crippen LogP contribution in [0.2, 0.25) is 0 Å². The lowest BCUT2D eigenvalue weighted by molar-refractivity contribution is -0.133. The van der Waals surface area contributed by atoms with Crippen LogP contribution in [0.25, 0.3) is 0 Å². The van der Waals surface area contributed by atoms with Gasteiger partial charge in [-0.2, -0.15) is 0 Å². The molecule has 0 aliphatic carbocycles. The maximum atomic E-state index is 13.1. The van der Waals surface area contributed by atoms with E-state index in [9.17, 15) is 9.18 Å². The van der Waals surface area contributed by atoms with Gasteiger partial charge < -0.3 is 9.74 Å². The Hall–Kier alpha value is -2.69. The summed E-state index contributed by atoms with van der Waals surface area (Å²) in [4.78, 5) is 19.7. The summed E-state index contributed by atoms with van der Waals surface area (Å²) in [7, 11) is 0. The first kappa shape index (κ1) is 18.1. The van der Waals surface area contributed by atoms with Crippen LogP contribution in [0.5, 0.6) is 0 Å². The standard InChI is InChI=1S/C21H23FN2O2/c1-3-21(25)24(13-16-8-10-17(22)11-9-16)14-18-12-20(23-26-18)19-7-5-4-6-15(19)2/h4-11,18H,3,12-14H2,1-2H3/t18-/m1/s1. The minimum absolute atomic E-state index is 0.0438. The summed E-state index contributed by atoms with van der Waals surface area (Å²) < 4.78 is 13.1. The number of hydrogen-bond donors (Lipinski definition) is 0. The number of oxime groups is 1. The average Bonchev–Trinajstić information content (AvgIpc) is 3.11. The van der Waals surface area contributed by atoms with E-state index in [1.165, 1.54) is 12.1 Å². The summed E-state index contributed by atoms with van der Waals surface area (Å²) in [6, 6.07) is 14.3. The van der Waals surface area contributed by atoms with E-state index in [-0.39, 0.29) is 17.8 Å². The summed E-state index contributed by atoms with van der Waals surface area (Å²) in [6.07, 6.45) is 0.918. The summed E-state index contributed by atoms with van der Waals surface area (Å²) in [5.41, 5.74) is 4.05. The van der Waals surface area contributed by atoms with Crippen LogP contribution < -0.4 is 0 Å². The average molecular weight is 354 g/mol. The molecule has 136 valence electrons. The molecule has 0 saturated heterocycles. The van der Waals surface area contributed by atoms with Crippen LogP contribution >= 0.6 is 0 Å². The molecule has 3 rings (SSSR count). The Bertz CT molecular complexity index is 802. The van der Waals surface area contributed by atoms with E-state index in [2.05, 4.69) is 5.16 Å². The molecular weight excluding hydrogens is 331 g/mol. The molecule has 5 heteroatoms. The van der Waals surface area contributed by atoms with Gasteiger partial charge in [0, 0.05) is 24.9 Å². The Morgan fingerprint density at radius 1 is 1.23 bits per heavy atom. The molecule has 0 fully saturated rings. The molecular formula is C21H23FN2O2. The number of nitrogens with zero attached hydrogens (tertiary/aromatic N) is 2. The topological polar surface area (TPSA) is 41.9 Å². The first-order valence-electron chi connectivity index (χ1n) is 8.87. The molecule has 0 spiro atoms. The zero-order chi connectivity index (χ0) is 18.5. The van der Waals surface area contributed by atoms with E-state index >= 15 is 0 Å². The molecule has 2 aromatic rings. The van der Waals surface area contributed by atoms with Gasteiger partial charge >= 0.3 is 0 Å². The van der Waals surface area contributed by atoms with Gasteiger partial charge in [0.05, 0.1) is 12.3 Å².